The highest BCUT2D eigenvalue weighted by molar-refractivity contribution is 5.80. The summed E-state index contributed by atoms with van der Waals surface area (Å²) in [6, 6.07) is 11.8. The van der Waals surface area contributed by atoms with Crippen LogP contribution < -0.4 is 10.7 Å². The molecule has 0 saturated carbocycles. The van der Waals surface area contributed by atoms with E-state index in [2.05, 4.69) is 34.9 Å². The van der Waals surface area contributed by atoms with Gasteiger partial charge in [-0.05, 0) is 44.5 Å². The van der Waals surface area contributed by atoms with Crippen LogP contribution >= 0.6 is 0 Å². The molecule has 0 unspecified atom stereocenters. The lowest BCUT2D eigenvalue weighted by Gasteiger charge is -2.06. The van der Waals surface area contributed by atoms with Gasteiger partial charge in [-0.3, -0.25) is 4.79 Å². The van der Waals surface area contributed by atoms with Crippen molar-refractivity contribution in [3.8, 4) is 0 Å². The average molecular weight is 299 g/mol. The Hall–Kier alpha value is -2.56. The zero-order valence-corrected chi connectivity index (χ0v) is 12.9. The Morgan fingerprint density at radius 2 is 1.95 bits per heavy atom. The molecule has 0 fully saturated rings. The highest BCUT2D eigenvalue weighted by Gasteiger charge is 2.00. The smallest absolute Gasteiger partial charge is 0.240 e. The Morgan fingerprint density at radius 3 is 2.64 bits per heavy atom. The van der Waals surface area contributed by atoms with Gasteiger partial charge in [-0.1, -0.05) is 17.7 Å². The predicted octanol–water partition coefficient (Wildman–Crippen LogP) is 3.24. The van der Waals surface area contributed by atoms with E-state index >= 15 is 0 Å². The molecule has 0 aliphatic rings. The summed E-state index contributed by atoms with van der Waals surface area (Å²) < 4.78 is 5.31. The van der Waals surface area contributed by atoms with E-state index in [0.29, 0.717) is 12.2 Å². The second-order valence-electron chi connectivity index (χ2n) is 5.14. The standard InChI is InChI=1S/C17H21N3O2/c1-13-5-8-15(9-6-13)18-11-3-4-17(21)20-19-12-16-10-7-14(2)22-16/h5-10,12,18H,3-4,11H2,1-2H3,(H,20,21). The number of carbonyl (C=O) groups is 1. The second-order valence-corrected chi connectivity index (χ2v) is 5.14. The van der Waals surface area contributed by atoms with Gasteiger partial charge in [0.2, 0.25) is 5.91 Å². The summed E-state index contributed by atoms with van der Waals surface area (Å²) in [5.74, 6) is 1.33. The fourth-order valence-electron chi connectivity index (χ4n) is 1.90. The highest BCUT2D eigenvalue weighted by atomic mass is 16.3. The Balaban J connectivity index is 1.61. The minimum absolute atomic E-state index is 0.106. The van der Waals surface area contributed by atoms with Crippen LogP contribution in [0.2, 0.25) is 0 Å². The lowest BCUT2D eigenvalue weighted by atomic mass is 10.2. The average Bonchev–Trinajstić information content (AvgIpc) is 2.91. The number of anilines is 1. The molecule has 1 aromatic heterocycles. The van der Waals surface area contributed by atoms with Crippen molar-refractivity contribution in [3.05, 3.63) is 53.5 Å². The number of nitrogens with one attached hydrogen (secondary N) is 2. The van der Waals surface area contributed by atoms with Gasteiger partial charge >= 0.3 is 0 Å². The Bertz CT molecular complexity index is 630. The molecule has 0 aliphatic heterocycles. The van der Waals surface area contributed by atoms with E-state index < -0.39 is 0 Å². The monoisotopic (exact) mass is 299 g/mol. The number of rotatable bonds is 7. The molecule has 0 radical (unpaired) electrons. The molecule has 0 saturated heterocycles. The van der Waals surface area contributed by atoms with Gasteiger partial charge in [-0.15, -0.1) is 0 Å². The molecule has 0 aliphatic carbocycles. The lowest BCUT2D eigenvalue weighted by Crippen LogP contribution is -2.18. The summed E-state index contributed by atoms with van der Waals surface area (Å²) in [7, 11) is 0. The van der Waals surface area contributed by atoms with Crippen LogP contribution in [0.4, 0.5) is 5.69 Å². The minimum atomic E-state index is -0.106. The summed E-state index contributed by atoms with van der Waals surface area (Å²) in [6.07, 6.45) is 2.66. The molecule has 2 aromatic rings. The van der Waals surface area contributed by atoms with Crippen LogP contribution in [0, 0.1) is 13.8 Å². The Labute approximate surface area is 130 Å². The van der Waals surface area contributed by atoms with Crippen LogP contribution in [0.1, 0.15) is 29.9 Å². The van der Waals surface area contributed by atoms with E-state index in [4.69, 9.17) is 4.42 Å². The van der Waals surface area contributed by atoms with Crippen molar-refractivity contribution in [3.63, 3.8) is 0 Å². The molecule has 1 amide bonds. The van der Waals surface area contributed by atoms with Crippen molar-refractivity contribution < 1.29 is 9.21 Å². The predicted molar refractivity (Wildman–Crippen MR) is 88.1 cm³/mol. The summed E-state index contributed by atoms with van der Waals surface area (Å²) in [5.41, 5.74) is 4.79. The number of nitrogens with zero attached hydrogens (tertiary/aromatic N) is 1. The van der Waals surface area contributed by atoms with Crippen LogP contribution in [0.25, 0.3) is 0 Å². The topological polar surface area (TPSA) is 66.6 Å². The fraction of sp³-hybridized carbons (Fsp3) is 0.294. The van der Waals surface area contributed by atoms with Gasteiger partial charge in [0.25, 0.3) is 0 Å². The third kappa shape index (κ3) is 5.44. The van der Waals surface area contributed by atoms with Gasteiger partial charge in [-0.25, -0.2) is 5.43 Å². The van der Waals surface area contributed by atoms with Crippen molar-refractivity contribution >= 4 is 17.8 Å². The van der Waals surface area contributed by atoms with Gasteiger partial charge in [0.1, 0.15) is 11.5 Å². The lowest BCUT2D eigenvalue weighted by molar-refractivity contribution is -0.121. The van der Waals surface area contributed by atoms with Gasteiger partial charge < -0.3 is 9.73 Å². The number of benzene rings is 1. The van der Waals surface area contributed by atoms with Crippen LogP contribution in [0.15, 0.2) is 45.9 Å². The summed E-state index contributed by atoms with van der Waals surface area (Å²) in [6.45, 7) is 4.66. The van der Waals surface area contributed by atoms with Crippen LogP contribution in [-0.4, -0.2) is 18.7 Å². The van der Waals surface area contributed by atoms with Crippen LogP contribution in [0.3, 0.4) is 0 Å². The van der Waals surface area contributed by atoms with Crippen molar-refractivity contribution in [2.45, 2.75) is 26.7 Å². The van der Waals surface area contributed by atoms with Crippen molar-refractivity contribution in [2.75, 3.05) is 11.9 Å². The molecular weight excluding hydrogens is 278 g/mol. The zero-order chi connectivity index (χ0) is 15.8. The molecule has 2 N–H and O–H groups in total. The summed E-state index contributed by atoms with van der Waals surface area (Å²) in [4.78, 5) is 11.6. The molecule has 5 nitrogen and oxygen atoms in total. The SMILES string of the molecule is Cc1ccc(NCCCC(=O)NN=Cc2ccc(C)o2)cc1. The van der Waals surface area contributed by atoms with E-state index in [1.54, 1.807) is 6.07 Å². The summed E-state index contributed by atoms with van der Waals surface area (Å²) in [5, 5.41) is 7.14. The summed E-state index contributed by atoms with van der Waals surface area (Å²) >= 11 is 0. The Morgan fingerprint density at radius 1 is 1.18 bits per heavy atom. The third-order valence-electron chi connectivity index (χ3n) is 3.10. The second kappa shape index (κ2) is 8.02. The van der Waals surface area contributed by atoms with Gasteiger partial charge in [-0.2, -0.15) is 5.10 Å². The molecule has 0 atom stereocenters. The first-order valence-electron chi connectivity index (χ1n) is 7.32. The van der Waals surface area contributed by atoms with Crippen molar-refractivity contribution in [1.29, 1.82) is 0 Å². The zero-order valence-electron chi connectivity index (χ0n) is 12.9. The quantitative estimate of drug-likeness (QED) is 0.468. The first kappa shape index (κ1) is 15.8. The van der Waals surface area contributed by atoms with E-state index in [-0.39, 0.29) is 5.91 Å². The van der Waals surface area contributed by atoms with E-state index in [1.165, 1.54) is 11.8 Å². The molecular formula is C17H21N3O2. The van der Waals surface area contributed by atoms with Gasteiger partial charge in [0.15, 0.2) is 0 Å². The third-order valence-corrected chi connectivity index (χ3v) is 3.10. The molecule has 0 spiro atoms. The molecule has 2 rings (SSSR count). The van der Waals surface area contributed by atoms with Crippen molar-refractivity contribution in [1.82, 2.24) is 5.43 Å². The number of hydrogen-bond donors (Lipinski definition) is 2. The van der Waals surface area contributed by atoms with E-state index in [1.807, 2.05) is 25.1 Å². The van der Waals surface area contributed by atoms with Crippen LogP contribution in [-0.2, 0) is 4.79 Å². The fourth-order valence-corrected chi connectivity index (χ4v) is 1.90. The van der Waals surface area contributed by atoms with Gasteiger partial charge in [0.05, 0.1) is 6.21 Å². The maximum Gasteiger partial charge on any atom is 0.240 e. The molecule has 1 heterocycles. The molecule has 5 heteroatoms. The molecule has 116 valence electrons. The number of hydrazone groups is 1. The normalized spacial score (nSPS) is 10.8. The van der Waals surface area contributed by atoms with Crippen LogP contribution in [0.5, 0.6) is 0 Å². The van der Waals surface area contributed by atoms with Crippen molar-refractivity contribution in [2.24, 2.45) is 5.10 Å². The first-order chi connectivity index (χ1) is 10.6. The first-order valence-corrected chi connectivity index (χ1v) is 7.32. The highest BCUT2D eigenvalue weighted by Crippen LogP contribution is 2.08. The number of carbonyl (C=O) groups excluding carboxylic acids is 1. The minimum Gasteiger partial charge on any atom is -0.460 e. The number of hydrogen-bond acceptors (Lipinski definition) is 4. The molecule has 0 bridgehead atoms. The Kier molecular flexibility index (Phi) is 5.77. The molecule has 1 aromatic carbocycles. The number of furan rings is 1. The van der Waals surface area contributed by atoms with E-state index in [0.717, 1.165) is 24.4 Å². The number of aryl methyl sites for hydroxylation is 2. The van der Waals surface area contributed by atoms with Gasteiger partial charge in [0, 0.05) is 18.7 Å². The maximum atomic E-state index is 11.6. The van der Waals surface area contributed by atoms with E-state index in [9.17, 15) is 4.79 Å². The number of amides is 1. The largest absolute Gasteiger partial charge is 0.460 e. The maximum absolute atomic E-state index is 11.6. The molecule has 22 heavy (non-hydrogen) atoms.